The van der Waals surface area contributed by atoms with Crippen LogP contribution in [-0.4, -0.2) is 52.2 Å². The highest BCUT2D eigenvalue weighted by Crippen LogP contribution is 2.28. The molecule has 0 spiro atoms. The Morgan fingerprint density at radius 3 is 2.81 bits per heavy atom. The Morgan fingerprint density at radius 2 is 2.00 bits per heavy atom. The number of rotatable bonds is 8. The van der Waals surface area contributed by atoms with Crippen molar-refractivity contribution < 1.29 is 4.58 Å². The van der Waals surface area contributed by atoms with E-state index in [4.69, 9.17) is 0 Å². The van der Waals surface area contributed by atoms with Gasteiger partial charge in [-0.15, -0.1) is 11.8 Å². The van der Waals surface area contributed by atoms with Crippen molar-refractivity contribution in [2.45, 2.75) is 39.5 Å². The third-order valence-corrected chi connectivity index (χ3v) is 6.04. The third kappa shape index (κ3) is 5.41. The van der Waals surface area contributed by atoms with Crippen molar-refractivity contribution in [2.75, 3.05) is 37.7 Å². The van der Waals surface area contributed by atoms with Gasteiger partial charge in [0.1, 0.15) is 6.54 Å². The van der Waals surface area contributed by atoms with Gasteiger partial charge >= 0.3 is 0 Å². The minimum atomic E-state index is 1.22. The van der Waals surface area contributed by atoms with Crippen molar-refractivity contribution in [1.82, 2.24) is 4.90 Å². The van der Waals surface area contributed by atoms with Crippen LogP contribution in [-0.2, 0) is 0 Å². The van der Waals surface area contributed by atoms with Gasteiger partial charge in [-0.25, -0.2) is 4.58 Å². The number of allylic oxidation sites excluding steroid dienone is 2. The van der Waals surface area contributed by atoms with Gasteiger partial charge in [-0.1, -0.05) is 44.5 Å². The molecule has 0 unspecified atom stereocenters. The monoisotopic (exact) mass is 325 g/mol. The summed E-state index contributed by atoms with van der Waals surface area (Å²) in [7, 11) is 0. The molecule has 4 heteroatoms. The minimum absolute atomic E-state index is 1.22. The summed E-state index contributed by atoms with van der Waals surface area (Å²) >= 11 is 4.01. The Labute approximate surface area is 138 Å². The van der Waals surface area contributed by atoms with Crippen molar-refractivity contribution in [3.8, 4) is 0 Å². The standard InChI is InChI=1S/C17H29N2S2/c1-3-5-10-18-12-14-20-16(18)8-7-9-17-19(11-6-4-2)13-15-21-17/h7-9H,3-6,10-15H2,1-2H3/q+1. The van der Waals surface area contributed by atoms with Crippen LogP contribution < -0.4 is 0 Å². The molecule has 2 aliphatic rings. The van der Waals surface area contributed by atoms with Crippen molar-refractivity contribution in [3.05, 3.63) is 23.3 Å². The largest absolute Gasteiger partial charge is 0.366 e. The zero-order valence-corrected chi connectivity index (χ0v) is 15.1. The molecule has 0 N–H and O–H groups in total. The Hall–Kier alpha value is -0.350. The third-order valence-electron chi connectivity index (χ3n) is 3.89. The molecule has 0 radical (unpaired) electrons. The van der Waals surface area contributed by atoms with E-state index in [1.165, 1.54) is 73.4 Å². The molecular formula is C17H29N2S2+. The first-order valence-corrected chi connectivity index (χ1v) is 10.3. The number of nitrogens with zero attached hydrogens (tertiary/aromatic N) is 2. The Bertz CT molecular complexity index is 413. The van der Waals surface area contributed by atoms with Crippen molar-refractivity contribution in [2.24, 2.45) is 0 Å². The average Bonchev–Trinajstić information content (AvgIpc) is 3.12. The molecule has 0 bridgehead atoms. The van der Waals surface area contributed by atoms with Crippen molar-refractivity contribution >= 4 is 28.6 Å². The van der Waals surface area contributed by atoms with Gasteiger partial charge in [0.25, 0.3) is 0 Å². The molecule has 118 valence electrons. The van der Waals surface area contributed by atoms with Gasteiger partial charge < -0.3 is 4.90 Å². The van der Waals surface area contributed by atoms with Crippen LogP contribution >= 0.6 is 23.5 Å². The van der Waals surface area contributed by atoms with Crippen LogP contribution in [0.25, 0.3) is 0 Å². The second kappa shape index (κ2) is 9.62. The van der Waals surface area contributed by atoms with Crippen LogP contribution in [0, 0.1) is 0 Å². The summed E-state index contributed by atoms with van der Waals surface area (Å²) < 4.78 is 2.54. The zero-order valence-electron chi connectivity index (χ0n) is 13.5. The molecule has 0 amide bonds. The summed E-state index contributed by atoms with van der Waals surface area (Å²) in [4.78, 5) is 2.54. The first-order valence-electron chi connectivity index (χ1n) is 8.36. The summed E-state index contributed by atoms with van der Waals surface area (Å²) in [6.07, 6.45) is 12.1. The summed E-state index contributed by atoms with van der Waals surface area (Å²) in [5.74, 6) is 2.49. The quantitative estimate of drug-likeness (QED) is 0.618. The first kappa shape index (κ1) is 17.0. The van der Waals surface area contributed by atoms with E-state index >= 15 is 0 Å². The van der Waals surface area contributed by atoms with Gasteiger partial charge in [0, 0.05) is 31.3 Å². The summed E-state index contributed by atoms with van der Waals surface area (Å²) in [6, 6.07) is 0. The second-order valence-electron chi connectivity index (χ2n) is 5.58. The van der Waals surface area contributed by atoms with E-state index in [1.54, 1.807) is 0 Å². The molecule has 21 heavy (non-hydrogen) atoms. The lowest BCUT2D eigenvalue weighted by Crippen LogP contribution is -2.19. The fraction of sp³-hybridized carbons (Fsp3) is 0.706. The molecule has 1 saturated heterocycles. The van der Waals surface area contributed by atoms with E-state index in [-0.39, 0.29) is 0 Å². The molecule has 2 aliphatic heterocycles. The molecule has 0 aromatic carbocycles. The summed E-state index contributed by atoms with van der Waals surface area (Å²) in [5, 5.41) is 2.92. The lowest BCUT2D eigenvalue weighted by atomic mass is 10.3. The SMILES string of the molecule is CCCCN1CCSC1=CC=CC1=[N+](CCCC)CCS1. The predicted molar refractivity (Wildman–Crippen MR) is 98.5 cm³/mol. The summed E-state index contributed by atoms with van der Waals surface area (Å²) in [6.45, 7) is 9.42. The Balaban J connectivity index is 1.92. The number of thioether (sulfide) groups is 2. The Morgan fingerprint density at radius 1 is 1.14 bits per heavy atom. The maximum absolute atomic E-state index is 2.54. The normalized spacial score (nSPS) is 21.4. The van der Waals surface area contributed by atoms with Crippen LogP contribution in [0.5, 0.6) is 0 Å². The van der Waals surface area contributed by atoms with Crippen LogP contribution in [0.4, 0.5) is 0 Å². The highest BCUT2D eigenvalue weighted by molar-refractivity contribution is 8.14. The van der Waals surface area contributed by atoms with Gasteiger partial charge in [0.05, 0.1) is 10.8 Å². The van der Waals surface area contributed by atoms with Gasteiger partial charge in [-0.2, -0.15) is 0 Å². The van der Waals surface area contributed by atoms with Crippen LogP contribution in [0.2, 0.25) is 0 Å². The van der Waals surface area contributed by atoms with Crippen molar-refractivity contribution in [1.29, 1.82) is 0 Å². The molecule has 0 atom stereocenters. The van der Waals surface area contributed by atoms with E-state index in [1.807, 2.05) is 23.5 Å². The molecule has 1 fully saturated rings. The highest BCUT2D eigenvalue weighted by atomic mass is 32.2. The minimum Gasteiger partial charge on any atom is -0.366 e. The molecule has 2 nitrogen and oxygen atoms in total. The van der Waals surface area contributed by atoms with Gasteiger partial charge in [0.15, 0.2) is 6.54 Å². The number of unbranched alkanes of at least 4 members (excludes halogenated alkanes) is 2. The number of hydrogen-bond donors (Lipinski definition) is 0. The van der Waals surface area contributed by atoms with E-state index < -0.39 is 0 Å². The highest BCUT2D eigenvalue weighted by Gasteiger charge is 2.20. The maximum Gasteiger partial charge on any atom is 0.234 e. The van der Waals surface area contributed by atoms with E-state index in [0.717, 1.165) is 0 Å². The second-order valence-corrected chi connectivity index (χ2v) is 7.81. The lowest BCUT2D eigenvalue weighted by molar-refractivity contribution is -0.517. The van der Waals surface area contributed by atoms with Crippen molar-refractivity contribution in [3.63, 3.8) is 0 Å². The Kier molecular flexibility index (Phi) is 7.80. The maximum atomic E-state index is 2.54. The fourth-order valence-corrected chi connectivity index (χ4v) is 4.71. The van der Waals surface area contributed by atoms with Crippen LogP contribution in [0.3, 0.4) is 0 Å². The summed E-state index contributed by atoms with van der Waals surface area (Å²) in [5.41, 5.74) is 0. The lowest BCUT2D eigenvalue weighted by Gasteiger charge is -2.17. The topological polar surface area (TPSA) is 6.25 Å². The molecule has 0 aromatic heterocycles. The van der Waals surface area contributed by atoms with Gasteiger partial charge in [0.2, 0.25) is 5.04 Å². The molecule has 2 heterocycles. The zero-order chi connectivity index (χ0) is 14.9. The van der Waals surface area contributed by atoms with Gasteiger partial charge in [-0.05, 0) is 12.5 Å². The molecule has 2 rings (SSSR count). The molecular weight excluding hydrogens is 296 g/mol. The molecule has 0 saturated carbocycles. The smallest absolute Gasteiger partial charge is 0.234 e. The fourth-order valence-electron chi connectivity index (χ4n) is 2.59. The van der Waals surface area contributed by atoms with Crippen LogP contribution in [0.15, 0.2) is 23.3 Å². The molecule has 0 aromatic rings. The van der Waals surface area contributed by atoms with E-state index in [9.17, 15) is 0 Å². The van der Waals surface area contributed by atoms with E-state index in [2.05, 4.69) is 41.6 Å². The van der Waals surface area contributed by atoms with Gasteiger partial charge in [-0.3, -0.25) is 0 Å². The van der Waals surface area contributed by atoms with E-state index in [0.29, 0.717) is 0 Å². The number of hydrogen-bond acceptors (Lipinski definition) is 3. The first-order chi connectivity index (χ1) is 10.3. The average molecular weight is 326 g/mol. The molecule has 0 aliphatic carbocycles. The predicted octanol–water partition coefficient (Wildman–Crippen LogP) is 4.19. The van der Waals surface area contributed by atoms with Crippen LogP contribution in [0.1, 0.15) is 39.5 Å².